The second kappa shape index (κ2) is 9.49. The maximum absolute atomic E-state index is 9.77. The van der Waals surface area contributed by atoms with Gasteiger partial charge in [0.2, 0.25) is 0 Å². The Bertz CT molecular complexity index is 234. The summed E-state index contributed by atoms with van der Waals surface area (Å²) in [5.41, 5.74) is 0. The first-order valence-electron chi connectivity index (χ1n) is 5.05. The number of aldehydes is 1. The quantitative estimate of drug-likeness (QED) is 0.443. The predicted octanol–water partition coefficient (Wildman–Crippen LogP) is 1.74. The van der Waals surface area contributed by atoms with Crippen molar-refractivity contribution < 1.29 is 19.3 Å². The minimum absolute atomic E-state index is 0.375. The third-order valence-corrected chi connectivity index (χ3v) is 1.73. The summed E-state index contributed by atoms with van der Waals surface area (Å²) in [5, 5.41) is 16.7. The van der Waals surface area contributed by atoms with Crippen LogP contribution >= 0.6 is 0 Å². The lowest BCUT2D eigenvalue weighted by Gasteiger charge is -1.94. The van der Waals surface area contributed by atoms with Crippen LogP contribution in [0.2, 0.25) is 6.32 Å². The summed E-state index contributed by atoms with van der Waals surface area (Å²) < 4.78 is 4.61. The maximum Gasteiger partial charge on any atom is 0.451 e. The molecule has 0 radical (unpaired) electrons. The minimum atomic E-state index is -1.10. The minimum Gasteiger partial charge on any atom is -0.462 e. The molecule has 0 aliphatic carbocycles. The van der Waals surface area contributed by atoms with Crippen molar-refractivity contribution in [3.8, 4) is 0 Å². The van der Waals surface area contributed by atoms with E-state index in [0.717, 1.165) is 19.3 Å². The summed E-state index contributed by atoms with van der Waals surface area (Å²) in [6.45, 7) is 2.09. The third-order valence-electron chi connectivity index (χ3n) is 1.73. The molecule has 0 amide bonds. The fourth-order valence-corrected chi connectivity index (χ4v) is 0.935. The molecule has 0 bridgehead atoms. The molecule has 0 saturated heterocycles. The van der Waals surface area contributed by atoms with Gasteiger partial charge in [-0.15, -0.1) is 0 Å². The molecule has 0 aliphatic heterocycles. The van der Waals surface area contributed by atoms with Gasteiger partial charge in [-0.05, 0) is 18.5 Å². The average molecular weight is 212 g/mol. The number of carbonyl (C=O) groups is 1. The van der Waals surface area contributed by atoms with Crippen LogP contribution in [-0.4, -0.2) is 23.5 Å². The molecule has 5 heteroatoms. The molecule has 1 aromatic rings. The molecule has 0 spiro atoms. The van der Waals surface area contributed by atoms with Crippen LogP contribution in [0.5, 0.6) is 0 Å². The van der Waals surface area contributed by atoms with E-state index >= 15 is 0 Å². The second-order valence-corrected chi connectivity index (χ2v) is 3.11. The Hall–Kier alpha value is -1.07. The van der Waals surface area contributed by atoms with Gasteiger partial charge in [0.1, 0.15) is 0 Å². The third kappa shape index (κ3) is 9.24. The Morgan fingerprint density at radius 1 is 1.47 bits per heavy atom. The van der Waals surface area contributed by atoms with Crippen LogP contribution in [0.1, 0.15) is 36.7 Å². The standard InChI is InChI=1S/C5H13BO2.C5H4O2/c1-2-3-4-5-6(7)8;6-4-5-2-1-3-7-5/h7-8H,2-5H2,1H3;1-4H. The van der Waals surface area contributed by atoms with Crippen molar-refractivity contribution in [3.63, 3.8) is 0 Å². The van der Waals surface area contributed by atoms with E-state index in [2.05, 4.69) is 11.3 Å². The number of unbranched alkanes of at least 4 members (excludes halogenated alkanes) is 2. The second-order valence-electron chi connectivity index (χ2n) is 3.11. The van der Waals surface area contributed by atoms with Gasteiger partial charge in [0.15, 0.2) is 12.0 Å². The van der Waals surface area contributed by atoms with Gasteiger partial charge in [0.25, 0.3) is 0 Å². The zero-order valence-corrected chi connectivity index (χ0v) is 8.93. The van der Waals surface area contributed by atoms with Crippen LogP contribution in [0, 0.1) is 0 Å². The van der Waals surface area contributed by atoms with E-state index in [-0.39, 0.29) is 0 Å². The Kier molecular flexibility index (Phi) is 8.81. The molecule has 0 aliphatic rings. The van der Waals surface area contributed by atoms with Gasteiger partial charge < -0.3 is 14.5 Å². The van der Waals surface area contributed by atoms with E-state index in [4.69, 9.17) is 10.0 Å². The summed E-state index contributed by atoms with van der Waals surface area (Å²) in [6, 6.07) is 3.27. The molecule has 15 heavy (non-hydrogen) atoms. The van der Waals surface area contributed by atoms with Gasteiger partial charge in [0.05, 0.1) is 6.26 Å². The molecular weight excluding hydrogens is 195 g/mol. The highest BCUT2D eigenvalue weighted by Gasteiger charge is 2.03. The van der Waals surface area contributed by atoms with Gasteiger partial charge in [-0.25, -0.2) is 0 Å². The van der Waals surface area contributed by atoms with Crippen LogP contribution in [0.4, 0.5) is 0 Å². The van der Waals surface area contributed by atoms with Crippen LogP contribution in [0.15, 0.2) is 22.8 Å². The van der Waals surface area contributed by atoms with E-state index in [1.807, 2.05) is 0 Å². The zero-order valence-electron chi connectivity index (χ0n) is 8.93. The van der Waals surface area contributed by atoms with Gasteiger partial charge >= 0.3 is 7.12 Å². The Morgan fingerprint density at radius 3 is 2.53 bits per heavy atom. The Labute approximate surface area is 90.1 Å². The monoisotopic (exact) mass is 212 g/mol. The van der Waals surface area contributed by atoms with Crippen LogP contribution in [0.3, 0.4) is 0 Å². The summed E-state index contributed by atoms with van der Waals surface area (Å²) in [6.07, 6.45) is 5.80. The van der Waals surface area contributed by atoms with Crippen LogP contribution in [0.25, 0.3) is 0 Å². The first kappa shape index (κ1) is 13.9. The lowest BCUT2D eigenvalue weighted by molar-refractivity contribution is 0.110. The molecular formula is C10H17BO4. The van der Waals surface area contributed by atoms with E-state index in [1.54, 1.807) is 12.1 Å². The first-order valence-corrected chi connectivity index (χ1v) is 5.05. The number of hydrogen-bond acceptors (Lipinski definition) is 4. The van der Waals surface area contributed by atoms with Gasteiger partial charge in [-0.1, -0.05) is 26.2 Å². The van der Waals surface area contributed by atoms with Crippen molar-refractivity contribution in [2.45, 2.75) is 32.5 Å². The SMILES string of the molecule is CCCCCB(O)O.O=Cc1ccco1. The van der Waals surface area contributed by atoms with E-state index in [9.17, 15) is 4.79 Å². The van der Waals surface area contributed by atoms with Gasteiger partial charge in [-0.2, -0.15) is 0 Å². The van der Waals surface area contributed by atoms with Crippen molar-refractivity contribution in [1.82, 2.24) is 0 Å². The summed E-state index contributed by atoms with van der Waals surface area (Å²) in [4.78, 5) is 9.77. The molecule has 0 atom stereocenters. The topological polar surface area (TPSA) is 70.7 Å². The molecule has 0 saturated carbocycles. The van der Waals surface area contributed by atoms with E-state index in [1.165, 1.54) is 6.26 Å². The molecule has 1 aromatic heterocycles. The molecule has 0 fully saturated rings. The van der Waals surface area contributed by atoms with Crippen LogP contribution in [-0.2, 0) is 0 Å². The highest BCUT2D eigenvalue weighted by molar-refractivity contribution is 6.40. The fraction of sp³-hybridized carbons (Fsp3) is 0.500. The molecule has 2 N–H and O–H groups in total. The van der Waals surface area contributed by atoms with Crippen molar-refractivity contribution in [3.05, 3.63) is 24.2 Å². The summed E-state index contributed by atoms with van der Waals surface area (Å²) in [7, 11) is -1.10. The molecule has 0 unspecified atom stereocenters. The Balaban J connectivity index is 0.000000262. The molecule has 0 aromatic carbocycles. The molecule has 84 valence electrons. The summed E-state index contributed by atoms with van der Waals surface area (Å²) >= 11 is 0. The van der Waals surface area contributed by atoms with Gasteiger partial charge in [0, 0.05) is 0 Å². The van der Waals surface area contributed by atoms with Crippen molar-refractivity contribution in [1.29, 1.82) is 0 Å². The number of rotatable bonds is 5. The van der Waals surface area contributed by atoms with E-state index in [0.29, 0.717) is 18.4 Å². The number of hydrogen-bond donors (Lipinski definition) is 2. The van der Waals surface area contributed by atoms with Crippen molar-refractivity contribution in [2.24, 2.45) is 0 Å². The summed E-state index contributed by atoms with van der Waals surface area (Å²) in [5.74, 6) is 0.375. The van der Waals surface area contributed by atoms with E-state index < -0.39 is 7.12 Å². The normalized spacial score (nSPS) is 9.00. The lowest BCUT2D eigenvalue weighted by atomic mass is 9.84. The van der Waals surface area contributed by atoms with Gasteiger partial charge in [-0.3, -0.25) is 4.79 Å². The molecule has 1 heterocycles. The lowest BCUT2D eigenvalue weighted by Crippen LogP contribution is -2.09. The predicted molar refractivity (Wildman–Crippen MR) is 58.6 cm³/mol. The zero-order chi connectivity index (χ0) is 11.5. The van der Waals surface area contributed by atoms with Crippen molar-refractivity contribution in [2.75, 3.05) is 0 Å². The first-order chi connectivity index (χ1) is 7.20. The number of furan rings is 1. The largest absolute Gasteiger partial charge is 0.462 e. The molecule has 4 nitrogen and oxygen atoms in total. The average Bonchev–Trinajstić information content (AvgIpc) is 2.71. The Morgan fingerprint density at radius 2 is 2.20 bits per heavy atom. The maximum atomic E-state index is 9.77. The highest BCUT2D eigenvalue weighted by Crippen LogP contribution is 1.99. The molecule has 1 rings (SSSR count). The van der Waals surface area contributed by atoms with Crippen LogP contribution < -0.4 is 0 Å². The van der Waals surface area contributed by atoms with Crippen molar-refractivity contribution >= 4 is 13.4 Å². The number of carbonyl (C=O) groups excluding carboxylic acids is 1. The smallest absolute Gasteiger partial charge is 0.451 e. The highest BCUT2D eigenvalue weighted by atomic mass is 16.4. The fourth-order valence-electron chi connectivity index (χ4n) is 0.935.